The van der Waals surface area contributed by atoms with Gasteiger partial charge in [-0.15, -0.1) is 0 Å². The van der Waals surface area contributed by atoms with E-state index < -0.39 is 10.4 Å². The summed E-state index contributed by atoms with van der Waals surface area (Å²) in [6, 6.07) is 0. The van der Waals surface area contributed by atoms with Crippen LogP contribution >= 0.6 is 24.0 Å². The van der Waals surface area contributed by atoms with Gasteiger partial charge in [0, 0.05) is 0 Å². The summed E-state index contributed by atoms with van der Waals surface area (Å²) in [7, 11) is -4.67. The highest BCUT2D eigenvalue weighted by Gasteiger charge is 1.85. The van der Waals surface area contributed by atoms with Crippen molar-refractivity contribution in [1.29, 1.82) is 0 Å². The predicted molar refractivity (Wildman–Crippen MR) is 53.7 cm³/mol. The molecule has 74 valence electrons. The summed E-state index contributed by atoms with van der Waals surface area (Å²) < 4.78 is 32.1. The minimum absolute atomic E-state index is 0.557. The molecule has 5 nitrogen and oxygen atoms in total. The van der Waals surface area contributed by atoms with Crippen LogP contribution in [0.4, 0.5) is 0 Å². The van der Waals surface area contributed by atoms with Crippen LogP contribution in [-0.4, -0.2) is 27.6 Å². The molecule has 0 fully saturated rings. The van der Waals surface area contributed by atoms with Gasteiger partial charge in [-0.1, -0.05) is 30.9 Å². The Morgan fingerprint density at radius 1 is 1.58 bits per heavy atom. The molecule has 0 saturated carbocycles. The molecule has 0 aliphatic heterocycles. The standard InChI is InChI=1S/C4H9NS2.H2O4S/c1-2-3-7-4(5)6;1-5(2,3)4/h2-3H2,1H3,(H2,5,6);(H2,1,2,3,4). The first-order valence-electron chi connectivity index (χ1n) is 2.89. The summed E-state index contributed by atoms with van der Waals surface area (Å²) in [5.41, 5.74) is 5.17. The van der Waals surface area contributed by atoms with Crippen molar-refractivity contribution in [3.05, 3.63) is 0 Å². The van der Waals surface area contributed by atoms with Gasteiger partial charge < -0.3 is 5.73 Å². The summed E-state index contributed by atoms with van der Waals surface area (Å²) in [5, 5.41) is 0. The van der Waals surface area contributed by atoms with Gasteiger partial charge in [-0.3, -0.25) is 9.11 Å². The van der Waals surface area contributed by atoms with E-state index in [2.05, 4.69) is 19.1 Å². The molecule has 0 aromatic rings. The Labute approximate surface area is 81.3 Å². The van der Waals surface area contributed by atoms with Crippen LogP contribution in [0.1, 0.15) is 13.3 Å². The topological polar surface area (TPSA) is 101 Å². The molecule has 0 atom stereocenters. The lowest BCUT2D eigenvalue weighted by Crippen LogP contribution is -2.01. The largest absolute Gasteiger partial charge is 0.394 e. The average molecular weight is 233 g/mol. The summed E-state index contributed by atoms with van der Waals surface area (Å²) in [6.07, 6.45) is 1.14. The van der Waals surface area contributed by atoms with E-state index in [1.54, 1.807) is 11.8 Å². The second kappa shape index (κ2) is 7.74. The molecule has 0 aromatic heterocycles. The van der Waals surface area contributed by atoms with Crippen LogP contribution < -0.4 is 5.73 Å². The molecule has 0 aliphatic rings. The van der Waals surface area contributed by atoms with Gasteiger partial charge in [0.1, 0.15) is 4.32 Å². The molecule has 0 aliphatic carbocycles. The summed E-state index contributed by atoms with van der Waals surface area (Å²) >= 11 is 6.14. The van der Waals surface area contributed by atoms with E-state index in [-0.39, 0.29) is 0 Å². The number of nitrogens with two attached hydrogens (primary N) is 1. The lowest BCUT2D eigenvalue weighted by molar-refractivity contribution is 0.381. The van der Waals surface area contributed by atoms with Crippen LogP contribution in [-0.2, 0) is 10.4 Å². The van der Waals surface area contributed by atoms with Gasteiger partial charge in [0.15, 0.2) is 0 Å². The molecule has 0 radical (unpaired) electrons. The van der Waals surface area contributed by atoms with Gasteiger partial charge in [-0.25, -0.2) is 0 Å². The third-order valence-electron chi connectivity index (χ3n) is 0.448. The van der Waals surface area contributed by atoms with Gasteiger partial charge in [-0.05, 0) is 12.2 Å². The third-order valence-corrected chi connectivity index (χ3v) is 1.70. The zero-order chi connectivity index (χ0) is 10.2. The Balaban J connectivity index is 0. The maximum Gasteiger partial charge on any atom is 0.394 e. The second-order valence-corrected chi connectivity index (χ2v) is 4.35. The number of thioether (sulfide) groups is 1. The number of thiocarbonyl (C=S) groups is 1. The zero-order valence-corrected chi connectivity index (χ0v) is 8.88. The van der Waals surface area contributed by atoms with Crippen LogP contribution in [0.25, 0.3) is 0 Å². The van der Waals surface area contributed by atoms with Gasteiger partial charge >= 0.3 is 10.4 Å². The van der Waals surface area contributed by atoms with Crippen molar-refractivity contribution in [2.24, 2.45) is 5.73 Å². The van der Waals surface area contributed by atoms with E-state index in [9.17, 15) is 0 Å². The van der Waals surface area contributed by atoms with Crippen molar-refractivity contribution in [3.8, 4) is 0 Å². The van der Waals surface area contributed by atoms with Crippen molar-refractivity contribution in [3.63, 3.8) is 0 Å². The minimum Gasteiger partial charge on any atom is -0.385 e. The van der Waals surface area contributed by atoms with E-state index in [0.29, 0.717) is 4.32 Å². The fraction of sp³-hybridized carbons (Fsp3) is 0.750. The highest BCUT2D eigenvalue weighted by Crippen LogP contribution is 1.99. The number of hydrogen-bond donors (Lipinski definition) is 3. The van der Waals surface area contributed by atoms with E-state index >= 15 is 0 Å². The van der Waals surface area contributed by atoms with Gasteiger partial charge in [0.25, 0.3) is 0 Å². The minimum atomic E-state index is -4.67. The van der Waals surface area contributed by atoms with E-state index in [4.69, 9.17) is 23.3 Å². The van der Waals surface area contributed by atoms with Crippen molar-refractivity contribution < 1.29 is 17.5 Å². The highest BCUT2D eigenvalue weighted by molar-refractivity contribution is 8.22. The van der Waals surface area contributed by atoms with Crippen LogP contribution in [0.3, 0.4) is 0 Å². The molecule has 0 amide bonds. The first kappa shape index (κ1) is 14.6. The predicted octanol–water partition coefficient (Wildman–Crippen LogP) is 0.720. The highest BCUT2D eigenvalue weighted by atomic mass is 32.3. The SMILES string of the molecule is CCCSC(N)=S.O=S(=O)(O)O. The Hall–Kier alpha value is 0.110. The Kier molecular flexibility index (Phi) is 9.44. The summed E-state index contributed by atoms with van der Waals surface area (Å²) in [4.78, 5) is 0. The van der Waals surface area contributed by atoms with Gasteiger partial charge in [-0.2, -0.15) is 8.42 Å². The van der Waals surface area contributed by atoms with Crippen molar-refractivity contribution in [2.45, 2.75) is 13.3 Å². The lowest BCUT2D eigenvalue weighted by Gasteiger charge is -1.90. The van der Waals surface area contributed by atoms with Crippen molar-refractivity contribution in [1.82, 2.24) is 0 Å². The fourth-order valence-corrected chi connectivity index (χ4v) is 0.858. The number of rotatable bonds is 2. The molecule has 0 heterocycles. The summed E-state index contributed by atoms with van der Waals surface area (Å²) in [5.74, 6) is 1.05. The average Bonchev–Trinajstić information content (AvgIpc) is 1.79. The van der Waals surface area contributed by atoms with E-state index in [0.717, 1.165) is 12.2 Å². The summed E-state index contributed by atoms with van der Waals surface area (Å²) in [6.45, 7) is 2.10. The van der Waals surface area contributed by atoms with E-state index in [1.165, 1.54) is 0 Å². The molecule has 0 aromatic carbocycles. The molecule has 0 saturated heterocycles. The molecule has 0 unspecified atom stereocenters. The maximum atomic E-state index is 8.74. The Bertz CT molecular complexity index is 204. The molecular weight excluding hydrogens is 222 g/mol. The Morgan fingerprint density at radius 3 is 2.00 bits per heavy atom. The van der Waals surface area contributed by atoms with Crippen LogP contribution in [0.15, 0.2) is 0 Å². The van der Waals surface area contributed by atoms with Crippen LogP contribution in [0, 0.1) is 0 Å². The lowest BCUT2D eigenvalue weighted by atomic mass is 10.6. The van der Waals surface area contributed by atoms with Crippen LogP contribution in [0.5, 0.6) is 0 Å². The monoisotopic (exact) mass is 233 g/mol. The van der Waals surface area contributed by atoms with Crippen molar-refractivity contribution >= 4 is 38.7 Å². The second-order valence-electron chi connectivity index (χ2n) is 1.62. The fourth-order valence-electron chi connectivity index (χ4n) is 0.203. The maximum absolute atomic E-state index is 8.74. The molecule has 4 N–H and O–H groups in total. The molecule has 0 spiro atoms. The Morgan fingerprint density at radius 2 is 1.92 bits per heavy atom. The van der Waals surface area contributed by atoms with Gasteiger partial charge in [0.2, 0.25) is 0 Å². The van der Waals surface area contributed by atoms with E-state index in [1.807, 2.05) is 0 Å². The molecule has 0 rings (SSSR count). The quantitative estimate of drug-likeness (QED) is 0.477. The van der Waals surface area contributed by atoms with Gasteiger partial charge in [0.05, 0.1) is 0 Å². The zero-order valence-electron chi connectivity index (χ0n) is 6.43. The molecule has 12 heavy (non-hydrogen) atoms. The third kappa shape index (κ3) is 49.7. The molecule has 8 heteroatoms. The molecule has 0 bridgehead atoms. The van der Waals surface area contributed by atoms with Crippen molar-refractivity contribution in [2.75, 3.05) is 5.75 Å². The first-order chi connectivity index (χ1) is 5.27. The molecular formula is C4H11NO4S3. The first-order valence-corrected chi connectivity index (χ1v) is 5.68. The normalized spacial score (nSPS) is 9.92. The van der Waals surface area contributed by atoms with Crippen LogP contribution in [0.2, 0.25) is 0 Å². The number of hydrogen-bond acceptors (Lipinski definition) is 4. The smallest absolute Gasteiger partial charge is 0.385 e.